The molecule has 1 aromatic carbocycles. The Labute approximate surface area is 156 Å². The van der Waals surface area contributed by atoms with Crippen molar-refractivity contribution in [3.05, 3.63) is 35.6 Å². The summed E-state index contributed by atoms with van der Waals surface area (Å²) in [6.45, 7) is 6.52. The normalized spacial score (nSPS) is 12.5. The number of methoxy groups -OCH3 is 1. The predicted octanol–water partition coefficient (Wildman–Crippen LogP) is 3.83. The maximum absolute atomic E-state index is 13.0. The van der Waals surface area contributed by atoms with Crippen LogP contribution in [-0.2, 0) is 4.74 Å². The molecule has 0 saturated heterocycles. The van der Waals surface area contributed by atoms with Gasteiger partial charge in [-0.25, -0.2) is 4.39 Å². The van der Waals surface area contributed by atoms with Crippen LogP contribution in [-0.4, -0.2) is 44.7 Å². The van der Waals surface area contributed by atoms with Crippen LogP contribution in [0.2, 0.25) is 0 Å². The first-order valence-corrected chi connectivity index (χ1v) is 7.90. The molecule has 4 nitrogen and oxygen atoms in total. The van der Waals surface area contributed by atoms with Crippen LogP contribution < -0.4 is 5.32 Å². The molecule has 1 atom stereocenters. The third-order valence-corrected chi connectivity index (χ3v) is 3.48. The lowest BCUT2D eigenvalue weighted by Gasteiger charge is -2.23. The number of halogens is 2. The molecule has 1 rings (SSSR count). The van der Waals surface area contributed by atoms with Gasteiger partial charge in [-0.3, -0.25) is 4.99 Å². The molecule has 1 aromatic rings. The highest BCUT2D eigenvalue weighted by Gasteiger charge is 2.12. The van der Waals surface area contributed by atoms with Gasteiger partial charge in [0.2, 0.25) is 0 Å². The molecule has 23 heavy (non-hydrogen) atoms. The van der Waals surface area contributed by atoms with Crippen molar-refractivity contribution >= 4 is 29.9 Å². The van der Waals surface area contributed by atoms with E-state index in [2.05, 4.69) is 29.1 Å². The zero-order valence-electron chi connectivity index (χ0n) is 14.5. The molecule has 0 radical (unpaired) electrons. The van der Waals surface area contributed by atoms with E-state index in [1.807, 2.05) is 7.05 Å². The Morgan fingerprint density at radius 2 is 1.96 bits per heavy atom. The number of unbranched alkanes of at least 4 members (excludes halogenated alkanes) is 1. The summed E-state index contributed by atoms with van der Waals surface area (Å²) >= 11 is 0. The number of benzene rings is 1. The second-order valence-electron chi connectivity index (χ2n) is 5.25. The molecule has 1 unspecified atom stereocenters. The first-order chi connectivity index (χ1) is 10.6. The van der Waals surface area contributed by atoms with E-state index < -0.39 is 0 Å². The van der Waals surface area contributed by atoms with Crippen LogP contribution in [0.1, 0.15) is 38.4 Å². The molecule has 0 saturated carbocycles. The van der Waals surface area contributed by atoms with Crippen molar-refractivity contribution in [1.29, 1.82) is 0 Å². The van der Waals surface area contributed by atoms with E-state index in [9.17, 15) is 4.39 Å². The molecule has 1 N–H and O–H groups in total. The monoisotopic (exact) mass is 437 g/mol. The van der Waals surface area contributed by atoms with E-state index in [1.165, 1.54) is 12.1 Å². The molecule has 0 amide bonds. The van der Waals surface area contributed by atoms with Gasteiger partial charge in [0.05, 0.1) is 6.54 Å². The lowest BCUT2D eigenvalue weighted by Crippen LogP contribution is -2.39. The number of guanidine groups is 1. The molecule has 0 aliphatic heterocycles. The van der Waals surface area contributed by atoms with E-state index >= 15 is 0 Å². The Bertz CT molecular complexity index is 454. The molecule has 6 heteroatoms. The number of hydrogen-bond donors (Lipinski definition) is 1. The molecule has 0 aliphatic carbocycles. The topological polar surface area (TPSA) is 36.9 Å². The number of hydrogen-bond acceptors (Lipinski definition) is 2. The van der Waals surface area contributed by atoms with Gasteiger partial charge < -0.3 is 15.0 Å². The smallest absolute Gasteiger partial charge is 0.193 e. The van der Waals surface area contributed by atoms with Gasteiger partial charge in [0.1, 0.15) is 11.9 Å². The molecule has 0 heterocycles. The summed E-state index contributed by atoms with van der Waals surface area (Å²) in [6.07, 6.45) is 2.11. The zero-order chi connectivity index (χ0) is 16.4. The van der Waals surface area contributed by atoms with E-state index in [4.69, 9.17) is 4.74 Å². The second-order valence-corrected chi connectivity index (χ2v) is 5.25. The minimum atomic E-state index is -0.241. The van der Waals surface area contributed by atoms with Crippen molar-refractivity contribution < 1.29 is 9.13 Å². The standard InChI is InChI=1S/C17H28FN3O.HI/c1-5-7-12-21(3)17(19-6-2)20-13-16(22-4)14-8-10-15(18)11-9-14;/h8-11,16H,5-7,12-13H2,1-4H3,(H,19,20);1H. The Balaban J connectivity index is 0.00000484. The summed E-state index contributed by atoms with van der Waals surface area (Å²) in [4.78, 5) is 6.78. The number of nitrogens with one attached hydrogen (secondary N) is 1. The SMILES string of the molecule is CCCCN(C)C(=NCC(OC)c1ccc(F)cc1)NCC.I. The average Bonchev–Trinajstić information content (AvgIpc) is 2.53. The third kappa shape index (κ3) is 7.97. The van der Waals surface area contributed by atoms with Crippen LogP contribution in [0.25, 0.3) is 0 Å². The first kappa shape index (κ1) is 22.1. The van der Waals surface area contributed by atoms with Gasteiger partial charge in [-0.05, 0) is 31.0 Å². The molecule has 0 fully saturated rings. The van der Waals surface area contributed by atoms with Gasteiger partial charge in [0.25, 0.3) is 0 Å². The lowest BCUT2D eigenvalue weighted by molar-refractivity contribution is 0.110. The van der Waals surface area contributed by atoms with Gasteiger partial charge in [0, 0.05) is 27.2 Å². The van der Waals surface area contributed by atoms with Gasteiger partial charge in [-0.1, -0.05) is 25.5 Å². The maximum Gasteiger partial charge on any atom is 0.193 e. The number of ether oxygens (including phenoxy) is 1. The fourth-order valence-electron chi connectivity index (χ4n) is 2.13. The Morgan fingerprint density at radius 1 is 1.30 bits per heavy atom. The molecule has 0 spiro atoms. The van der Waals surface area contributed by atoms with E-state index in [1.54, 1.807) is 19.2 Å². The Kier molecular flexibility index (Phi) is 12.0. The zero-order valence-corrected chi connectivity index (χ0v) is 16.8. The van der Waals surface area contributed by atoms with Crippen molar-refractivity contribution in [1.82, 2.24) is 10.2 Å². The number of rotatable bonds is 8. The van der Waals surface area contributed by atoms with E-state index in [0.29, 0.717) is 6.54 Å². The number of nitrogens with zero attached hydrogens (tertiary/aromatic N) is 2. The minimum Gasteiger partial charge on any atom is -0.375 e. The van der Waals surface area contributed by atoms with Crippen LogP contribution in [0.15, 0.2) is 29.3 Å². The Morgan fingerprint density at radius 3 is 2.48 bits per heavy atom. The lowest BCUT2D eigenvalue weighted by atomic mass is 10.1. The van der Waals surface area contributed by atoms with Crippen LogP contribution in [0, 0.1) is 5.82 Å². The fourth-order valence-corrected chi connectivity index (χ4v) is 2.13. The summed E-state index contributed by atoms with van der Waals surface area (Å²) in [7, 11) is 3.69. The predicted molar refractivity (Wildman–Crippen MR) is 105 cm³/mol. The molecule has 0 aliphatic rings. The van der Waals surface area contributed by atoms with Gasteiger partial charge in [-0.2, -0.15) is 0 Å². The van der Waals surface area contributed by atoms with E-state index in [0.717, 1.165) is 37.5 Å². The molecule has 0 bridgehead atoms. The second kappa shape index (κ2) is 12.5. The minimum absolute atomic E-state index is 0. The molecular formula is C17H29FIN3O. The summed E-state index contributed by atoms with van der Waals surface area (Å²) in [6, 6.07) is 6.38. The van der Waals surface area contributed by atoms with E-state index in [-0.39, 0.29) is 35.9 Å². The van der Waals surface area contributed by atoms with Crippen LogP contribution in [0.4, 0.5) is 4.39 Å². The highest BCUT2D eigenvalue weighted by atomic mass is 127. The third-order valence-electron chi connectivity index (χ3n) is 3.48. The highest BCUT2D eigenvalue weighted by molar-refractivity contribution is 14.0. The van der Waals surface area contributed by atoms with Crippen molar-refractivity contribution in [2.24, 2.45) is 4.99 Å². The van der Waals surface area contributed by atoms with Crippen molar-refractivity contribution in [3.63, 3.8) is 0 Å². The van der Waals surface area contributed by atoms with Gasteiger partial charge >= 0.3 is 0 Å². The summed E-state index contributed by atoms with van der Waals surface area (Å²) in [5.74, 6) is 0.634. The fraction of sp³-hybridized carbons (Fsp3) is 0.588. The largest absolute Gasteiger partial charge is 0.375 e. The van der Waals surface area contributed by atoms with Crippen molar-refractivity contribution in [2.75, 3.05) is 33.8 Å². The number of aliphatic imine (C=N–C) groups is 1. The van der Waals surface area contributed by atoms with Crippen molar-refractivity contribution in [2.45, 2.75) is 32.8 Å². The van der Waals surface area contributed by atoms with Crippen LogP contribution in [0.3, 0.4) is 0 Å². The van der Waals surface area contributed by atoms with Crippen LogP contribution >= 0.6 is 24.0 Å². The quantitative estimate of drug-likeness (QED) is 0.382. The van der Waals surface area contributed by atoms with Crippen LogP contribution in [0.5, 0.6) is 0 Å². The van der Waals surface area contributed by atoms with Gasteiger partial charge in [0.15, 0.2) is 5.96 Å². The summed E-state index contributed by atoms with van der Waals surface area (Å²) < 4.78 is 18.5. The summed E-state index contributed by atoms with van der Waals surface area (Å²) in [5.41, 5.74) is 0.930. The molecule has 0 aromatic heterocycles. The summed E-state index contributed by atoms with van der Waals surface area (Å²) in [5, 5.41) is 3.29. The molecule has 132 valence electrons. The average molecular weight is 437 g/mol. The van der Waals surface area contributed by atoms with Crippen molar-refractivity contribution in [3.8, 4) is 0 Å². The Hall–Kier alpha value is -0.890. The highest BCUT2D eigenvalue weighted by Crippen LogP contribution is 2.17. The maximum atomic E-state index is 13.0. The van der Waals surface area contributed by atoms with Gasteiger partial charge in [-0.15, -0.1) is 24.0 Å². The first-order valence-electron chi connectivity index (χ1n) is 7.90. The molecular weight excluding hydrogens is 408 g/mol.